The number of carboxylic acid groups (broad SMARTS) is 1. The third kappa shape index (κ3) is 4.49. The fourth-order valence-corrected chi connectivity index (χ4v) is 1.20. The van der Waals surface area contributed by atoms with E-state index in [4.69, 9.17) is 9.84 Å². The number of rotatable bonds is 6. The van der Waals surface area contributed by atoms with E-state index in [1.807, 2.05) is 0 Å². The fraction of sp³-hybridized carbons (Fsp3) is 0.600. The smallest absolute Gasteiger partial charge is 0.410 e. The highest BCUT2D eigenvalue weighted by molar-refractivity contribution is 5.76. The van der Waals surface area contributed by atoms with Crippen LogP contribution in [0.15, 0.2) is 12.7 Å². The van der Waals surface area contributed by atoms with Crippen molar-refractivity contribution in [3.63, 3.8) is 0 Å². The van der Waals surface area contributed by atoms with Gasteiger partial charge in [-0.05, 0) is 18.8 Å². The summed E-state index contributed by atoms with van der Waals surface area (Å²) in [5.74, 6) is -0.577. The highest BCUT2D eigenvalue weighted by atomic mass is 16.6. The third-order valence-electron chi connectivity index (χ3n) is 2.08. The van der Waals surface area contributed by atoms with Crippen LogP contribution in [-0.4, -0.2) is 41.8 Å². The lowest BCUT2D eigenvalue weighted by atomic mass is 10.4. The van der Waals surface area contributed by atoms with Crippen LogP contribution in [0.1, 0.15) is 12.8 Å². The highest BCUT2D eigenvalue weighted by Crippen LogP contribution is 2.29. The van der Waals surface area contributed by atoms with Crippen LogP contribution in [0.25, 0.3) is 0 Å². The van der Waals surface area contributed by atoms with Gasteiger partial charge >= 0.3 is 12.1 Å². The first-order valence-corrected chi connectivity index (χ1v) is 4.88. The number of hydrogen-bond acceptors (Lipinski definition) is 3. The predicted octanol–water partition coefficient (Wildman–Crippen LogP) is 1.11. The van der Waals surface area contributed by atoms with E-state index in [0.717, 1.165) is 12.8 Å². The molecule has 0 radical (unpaired) electrons. The van der Waals surface area contributed by atoms with Crippen molar-refractivity contribution in [2.45, 2.75) is 12.8 Å². The lowest BCUT2D eigenvalue weighted by molar-refractivity contribution is -0.138. The summed E-state index contributed by atoms with van der Waals surface area (Å²) in [4.78, 5) is 23.1. The molecule has 0 spiro atoms. The molecule has 0 bridgehead atoms. The van der Waals surface area contributed by atoms with E-state index in [9.17, 15) is 9.59 Å². The van der Waals surface area contributed by atoms with Crippen LogP contribution in [0.5, 0.6) is 0 Å². The second-order valence-electron chi connectivity index (χ2n) is 3.58. The van der Waals surface area contributed by atoms with Crippen molar-refractivity contribution in [3.8, 4) is 0 Å². The van der Waals surface area contributed by atoms with Crippen LogP contribution in [-0.2, 0) is 9.53 Å². The molecule has 1 aliphatic carbocycles. The molecule has 0 aromatic rings. The zero-order valence-corrected chi connectivity index (χ0v) is 8.52. The lowest BCUT2D eigenvalue weighted by Crippen LogP contribution is -2.37. The maximum atomic E-state index is 11.4. The molecule has 1 N–H and O–H groups in total. The number of carbonyl (C=O) groups is 2. The molecule has 0 heterocycles. The second kappa shape index (κ2) is 5.38. The van der Waals surface area contributed by atoms with Crippen molar-refractivity contribution in [2.75, 3.05) is 19.7 Å². The molecule has 0 atom stereocenters. The molecule has 84 valence electrons. The molecule has 5 nitrogen and oxygen atoms in total. The topological polar surface area (TPSA) is 66.8 Å². The van der Waals surface area contributed by atoms with Crippen LogP contribution in [0.3, 0.4) is 0 Å². The van der Waals surface area contributed by atoms with Gasteiger partial charge in [0.05, 0.1) is 0 Å². The molecule has 0 unspecified atom stereocenters. The minimum atomic E-state index is -1.02. The summed E-state index contributed by atoms with van der Waals surface area (Å²) >= 11 is 0. The second-order valence-corrected chi connectivity index (χ2v) is 3.58. The summed E-state index contributed by atoms with van der Waals surface area (Å²) in [6.07, 6.45) is 2.99. The van der Waals surface area contributed by atoms with Crippen molar-refractivity contribution < 1.29 is 19.4 Å². The van der Waals surface area contributed by atoms with Crippen molar-refractivity contribution >= 4 is 12.1 Å². The van der Waals surface area contributed by atoms with Gasteiger partial charge in [-0.3, -0.25) is 9.69 Å². The molecule has 0 aromatic carbocycles. The maximum Gasteiger partial charge on any atom is 0.410 e. The van der Waals surface area contributed by atoms with Crippen LogP contribution in [0, 0.1) is 5.92 Å². The Labute approximate surface area is 88.3 Å². The van der Waals surface area contributed by atoms with Gasteiger partial charge in [-0.15, -0.1) is 0 Å². The Morgan fingerprint density at radius 3 is 2.67 bits per heavy atom. The van der Waals surface area contributed by atoms with Crippen LogP contribution >= 0.6 is 0 Å². The summed E-state index contributed by atoms with van der Waals surface area (Å²) in [6, 6.07) is 0. The molecule has 0 aliphatic heterocycles. The summed E-state index contributed by atoms with van der Waals surface area (Å²) in [5.41, 5.74) is 0. The average molecular weight is 213 g/mol. The number of carbonyl (C=O) groups excluding carboxylic acids is 1. The van der Waals surface area contributed by atoms with Gasteiger partial charge in [-0.2, -0.15) is 0 Å². The highest BCUT2D eigenvalue weighted by Gasteiger charge is 2.28. The molecule has 1 saturated carbocycles. The van der Waals surface area contributed by atoms with Gasteiger partial charge in [0.1, 0.15) is 13.2 Å². The summed E-state index contributed by atoms with van der Waals surface area (Å²) in [6.45, 7) is 3.70. The first-order valence-electron chi connectivity index (χ1n) is 4.88. The molecule has 1 aliphatic rings. The number of amides is 1. The van der Waals surface area contributed by atoms with Crippen LogP contribution in [0.4, 0.5) is 4.79 Å². The van der Waals surface area contributed by atoms with E-state index >= 15 is 0 Å². The van der Waals surface area contributed by atoms with E-state index in [1.54, 1.807) is 0 Å². The standard InChI is InChI=1S/C10H15NO4/c1-2-5-15-10(14)11(7-9(12)13)6-8-3-4-8/h2,8H,1,3-7H2,(H,12,13). The molecule has 0 saturated heterocycles. The molecular weight excluding hydrogens is 198 g/mol. The molecule has 1 fully saturated rings. The lowest BCUT2D eigenvalue weighted by Gasteiger charge is -2.19. The molecule has 1 rings (SSSR count). The fourth-order valence-electron chi connectivity index (χ4n) is 1.20. The van der Waals surface area contributed by atoms with Crippen molar-refractivity contribution in [2.24, 2.45) is 5.92 Å². The first-order chi connectivity index (χ1) is 7.13. The number of ether oxygens (including phenoxy) is 1. The molecule has 15 heavy (non-hydrogen) atoms. The van der Waals surface area contributed by atoms with E-state index < -0.39 is 12.1 Å². The van der Waals surface area contributed by atoms with Gasteiger partial charge in [-0.25, -0.2) is 4.79 Å². The molecular formula is C10H15NO4. The Balaban J connectivity index is 2.40. The van der Waals surface area contributed by atoms with Crippen LogP contribution in [0.2, 0.25) is 0 Å². The van der Waals surface area contributed by atoms with Gasteiger partial charge in [0.25, 0.3) is 0 Å². The van der Waals surface area contributed by atoms with Crippen molar-refractivity contribution in [3.05, 3.63) is 12.7 Å². The van der Waals surface area contributed by atoms with Crippen LogP contribution < -0.4 is 0 Å². The Bertz CT molecular complexity index is 260. The Morgan fingerprint density at radius 2 is 2.20 bits per heavy atom. The summed E-state index contributed by atoms with van der Waals surface area (Å²) < 4.78 is 4.79. The normalized spacial score (nSPS) is 14.4. The Morgan fingerprint density at radius 1 is 1.53 bits per heavy atom. The Hall–Kier alpha value is -1.52. The van der Waals surface area contributed by atoms with Gasteiger partial charge < -0.3 is 9.84 Å². The van der Waals surface area contributed by atoms with Gasteiger partial charge in [0.2, 0.25) is 0 Å². The minimum Gasteiger partial charge on any atom is -0.480 e. The van der Waals surface area contributed by atoms with Gasteiger partial charge in [0.15, 0.2) is 0 Å². The monoisotopic (exact) mass is 213 g/mol. The van der Waals surface area contributed by atoms with E-state index in [1.165, 1.54) is 11.0 Å². The van der Waals surface area contributed by atoms with Gasteiger partial charge in [-0.1, -0.05) is 12.7 Å². The van der Waals surface area contributed by atoms with Crippen molar-refractivity contribution in [1.29, 1.82) is 0 Å². The molecule has 0 aromatic heterocycles. The van der Waals surface area contributed by atoms with E-state index in [0.29, 0.717) is 12.5 Å². The van der Waals surface area contributed by atoms with E-state index in [-0.39, 0.29) is 13.2 Å². The van der Waals surface area contributed by atoms with Crippen molar-refractivity contribution in [1.82, 2.24) is 4.90 Å². The summed E-state index contributed by atoms with van der Waals surface area (Å²) in [7, 11) is 0. The largest absolute Gasteiger partial charge is 0.480 e. The number of carboxylic acids is 1. The van der Waals surface area contributed by atoms with Gasteiger partial charge in [0, 0.05) is 6.54 Å². The predicted molar refractivity (Wildman–Crippen MR) is 53.5 cm³/mol. The minimum absolute atomic E-state index is 0.111. The maximum absolute atomic E-state index is 11.4. The number of hydrogen-bond donors (Lipinski definition) is 1. The average Bonchev–Trinajstić information content (AvgIpc) is 2.96. The third-order valence-corrected chi connectivity index (χ3v) is 2.08. The zero-order chi connectivity index (χ0) is 11.3. The SMILES string of the molecule is C=CCOC(=O)N(CC(=O)O)CC1CC1. The first kappa shape index (κ1) is 11.6. The Kier molecular flexibility index (Phi) is 4.15. The van der Waals surface area contributed by atoms with E-state index in [2.05, 4.69) is 6.58 Å². The molecule has 1 amide bonds. The molecule has 5 heteroatoms. The quantitative estimate of drug-likeness (QED) is 0.671. The number of aliphatic carboxylic acids is 1. The zero-order valence-electron chi connectivity index (χ0n) is 8.52. The summed E-state index contributed by atoms with van der Waals surface area (Å²) in [5, 5.41) is 8.62. The number of nitrogens with zero attached hydrogens (tertiary/aromatic N) is 1.